The van der Waals surface area contributed by atoms with Crippen molar-refractivity contribution in [2.24, 2.45) is 5.92 Å². The van der Waals surface area contributed by atoms with E-state index in [2.05, 4.69) is 26.1 Å². The quantitative estimate of drug-likeness (QED) is 0.502. The lowest BCUT2D eigenvalue weighted by molar-refractivity contribution is 0.412. The van der Waals surface area contributed by atoms with Gasteiger partial charge in [-0.2, -0.15) is 0 Å². The number of unbranched alkanes of at least 4 members (excludes halogenated alkanes) is 4. The summed E-state index contributed by atoms with van der Waals surface area (Å²) in [5.74, 6) is 0.915. The van der Waals surface area contributed by atoms with Crippen molar-refractivity contribution < 1.29 is 0 Å². The van der Waals surface area contributed by atoms with E-state index in [1.54, 1.807) is 0 Å². The van der Waals surface area contributed by atoms with Crippen molar-refractivity contribution in [1.82, 2.24) is 5.32 Å². The van der Waals surface area contributed by atoms with Crippen LogP contribution in [0.2, 0.25) is 0 Å². The van der Waals surface area contributed by atoms with Gasteiger partial charge in [-0.25, -0.2) is 0 Å². The molecule has 1 unspecified atom stereocenters. The van der Waals surface area contributed by atoms with Crippen LogP contribution >= 0.6 is 0 Å². The molecule has 0 aliphatic carbocycles. The highest BCUT2D eigenvalue weighted by Crippen LogP contribution is 2.12. The second kappa shape index (κ2) is 12.0. The van der Waals surface area contributed by atoms with E-state index in [1.807, 2.05) is 0 Å². The molecule has 0 amide bonds. The third-order valence-corrected chi connectivity index (χ3v) is 3.18. The van der Waals surface area contributed by atoms with E-state index < -0.39 is 0 Å². The lowest BCUT2D eigenvalue weighted by atomic mass is 9.98. The average Bonchev–Trinajstić information content (AvgIpc) is 2.26. The summed E-state index contributed by atoms with van der Waals surface area (Å²) in [5.41, 5.74) is 0. The lowest BCUT2D eigenvalue weighted by Gasteiger charge is -2.15. The van der Waals surface area contributed by atoms with Crippen molar-refractivity contribution in [2.45, 2.75) is 72.1 Å². The van der Waals surface area contributed by atoms with Gasteiger partial charge in [-0.15, -0.1) is 0 Å². The maximum Gasteiger partial charge on any atom is -0.00206 e. The smallest absolute Gasteiger partial charge is 0.00206 e. The molecule has 0 heterocycles. The van der Waals surface area contributed by atoms with Crippen molar-refractivity contribution in [3.05, 3.63) is 0 Å². The molecule has 1 atom stereocenters. The number of nitrogens with one attached hydrogen (secondary N) is 1. The predicted octanol–water partition coefficient (Wildman–Crippen LogP) is 4.37. The van der Waals surface area contributed by atoms with Crippen LogP contribution in [0.3, 0.4) is 0 Å². The predicted molar refractivity (Wildman–Crippen MR) is 70.3 cm³/mol. The van der Waals surface area contributed by atoms with E-state index in [0.717, 1.165) is 5.92 Å². The Bertz CT molecular complexity index is 112. The zero-order chi connectivity index (χ0) is 11.4. The van der Waals surface area contributed by atoms with Crippen LogP contribution in [-0.4, -0.2) is 13.1 Å². The fraction of sp³-hybridized carbons (Fsp3) is 1.00. The normalized spacial score (nSPS) is 13.0. The third-order valence-electron chi connectivity index (χ3n) is 3.18. The molecule has 0 saturated heterocycles. The Morgan fingerprint density at radius 1 is 0.867 bits per heavy atom. The molecule has 0 fully saturated rings. The van der Waals surface area contributed by atoms with Gasteiger partial charge in [-0.05, 0) is 31.8 Å². The average molecular weight is 213 g/mol. The van der Waals surface area contributed by atoms with E-state index >= 15 is 0 Å². The van der Waals surface area contributed by atoms with Gasteiger partial charge < -0.3 is 5.32 Å². The molecule has 15 heavy (non-hydrogen) atoms. The van der Waals surface area contributed by atoms with Crippen LogP contribution in [-0.2, 0) is 0 Å². The second-order valence-electron chi connectivity index (χ2n) is 4.68. The molecule has 0 bridgehead atoms. The van der Waals surface area contributed by atoms with Crippen LogP contribution < -0.4 is 5.32 Å². The SMILES string of the molecule is CCCCCNCC(CC)CCCCC. The summed E-state index contributed by atoms with van der Waals surface area (Å²) in [6.07, 6.45) is 11.0. The first-order chi connectivity index (χ1) is 7.35. The molecule has 0 spiro atoms. The van der Waals surface area contributed by atoms with Gasteiger partial charge in [0.1, 0.15) is 0 Å². The Kier molecular flexibility index (Phi) is 12.0. The molecule has 0 aliphatic heterocycles. The first kappa shape index (κ1) is 15.0. The molecule has 0 rings (SSSR count). The highest BCUT2D eigenvalue weighted by molar-refractivity contribution is 4.61. The molecule has 1 heteroatoms. The van der Waals surface area contributed by atoms with E-state index in [-0.39, 0.29) is 0 Å². The molecule has 0 aliphatic rings. The van der Waals surface area contributed by atoms with Crippen LogP contribution in [0.15, 0.2) is 0 Å². The molecule has 1 N–H and O–H groups in total. The third kappa shape index (κ3) is 10.2. The van der Waals surface area contributed by atoms with Gasteiger partial charge in [-0.3, -0.25) is 0 Å². The van der Waals surface area contributed by atoms with Gasteiger partial charge >= 0.3 is 0 Å². The van der Waals surface area contributed by atoms with Crippen molar-refractivity contribution in [3.8, 4) is 0 Å². The molecule has 0 aromatic rings. The zero-order valence-corrected chi connectivity index (χ0v) is 11.1. The second-order valence-corrected chi connectivity index (χ2v) is 4.68. The summed E-state index contributed by atoms with van der Waals surface area (Å²) in [6.45, 7) is 9.33. The Hall–Kier alpha value is -0.0400. The zero-order valence-electron chi connectivity index (χ0n) is 11.1. The topological polar surface area (TPSA) is 12.0 Å². The molecule has 0 aromatic heterocycles. The number of hydrogen-bond donors (Lipinski definition) is 1. The molecule has 1 nitrogen and oxygen atoms in total. The summed E-state index contributed by atoms with van der Waals surface area (Å²) in [6, 6.07) is 0. The summed E-state index contributed by atoms with van der Waals surface area (Å²) in [4.78, 5) is 0. The monoisotopic (exact) mass is 213 g/mol. The number of hydrogen-bond acceptors (Lipinski definition) is 1. The van der Waals surface area contributed by atoms with Crippen LogP contribution in [0.25, 0.3) is 0 Å². The Balaban J connectivity index is 3.28. The molecule has 92 valence electrons. The summed E-state index contributed by atoms with van der Waals surface area (Å²) in [5, 5.41) is 3.60. The van der Waals surface area contributed by atoms with Crippen LogP contribution in [0.1, 0.15) is 72.1 Å². The minimum atomic E-state index is 0.915. The summed E-state index contributed by atoms with van der Waals surface area (Å²) in [7, 11) is 0. The van der Waals surface area contributed by atoms with Gasteiger partial charge in [0.2, 0.25) is 0 Å². The minimum Gasteiger partial charge on any atom is -0.316 e. The fourth-order valence-electron chi connectivity index (χ4n) is 1.94. The van der Waals surface area contributed by atoms with Crippen LogP contribution in [0.5, 0.6) is 0 Å². The molecule has 0 radical (unpaired) electrons. The highest BCUT2D eigenvalue weighted by atomic mass is 14.8. The molecular weight excluding hydrogens is 182 g/mol. The lowest BCUT2D eigenvalue weighted by Crippen LogP contribution is -2.23. The Morgan fingerprint density at radius 3 is 2.13 bits per heavy atom. The molecular formula is C14H31N. The van der Waals surface area contributed by atoms with Crippen LogP contribution in [0.4, 0.5) is 0 Å². The van der Waals surface area contributed by atoms with Crippen molar-refractivity contribution in [3.63, 3.8) is 0 Å². The summed E-state index contributed by atoms with van der Waals surface area (Å²) >= 11 is 0. The van der Waals surface area contributed by atoms with Crippen molar-refractivity contribution in [1.29, 1.82) is 0 Å². The minimum absolute atomic E-state index is 0.915. The maximum absolute atomic E-state index is 3.60. The van der Waals surface area contributed by atoms with E-state index in [4.69, 9.17) is 0 Å². The highest BCUT2D eigenvalue weighted by Gasteiger charge is 2.04. The first-order valence-corrected chi connectivity index (χ1v) is 7.05. The molecule has 0 aromatic carbocycles. The fourth-order valence-corrected chi connectivity index (χ4v) is 1.94. The van der Waals surface area contributed by atoms with E-state index in [9.17, 15) is 0 Å². The Labute approximate surface area is 97.0 Å². The van der Waals surface area contributed by atoms with Crippen molar-refractivity contribution >= 4 is 0 Å². The Morgan fingerprint density at radius 2 is 1.53 bits per heavy atom. The van der Waals surface area contributed by atoms with Gasteiger partial charge in [0.15, 0.2) is 0 Å². The standard InChI is InChI=1S/C14H31N/c1-4-7-9-11-14(6-3)13-15-12-10-8-5-2/h14-15H,4-13H2,1-3H3. The molecule has 0 saturated carbocycles. The van der Waals surface area contributed by atoms with Gasteiger partial charge in [0, 0.05) is 0 Å². The van der Waals surface area contributed by atoms with Crippen molar-refractivity contribution in [2.75, 3.05) is 13.1 Å². The van der Waals surface area contributed by atoms with E-state index in [1.165, 1.54) is 64.5 Å². The summed E-state index contributed by atoms with van der Waals surface area (Å²) < 4.78 is 0. The van der Waals surface area contributed by atoms with Gasteiger partial charge in [0.25, 0.3) is 0 Å². The first-order valence-electron chi connectivity index (χ1n) is 7.05. The van der Waals surface area contributed by atoms with Gasteiger partial charge in [0.05, 0.1) is 0 Å². The number of rotatable bonds is 11. The van der Waals surface area contributed by atoms with Gasteiger partial charge in [-0.1, -0.05) is 59.3 Å². The van der Waals surface area contributed by atoms with E-state index in [0.29, 0.717) is 0 Å². The largest absolute Gasteiger partial charge is 0.316 e. The maximum atomic E-state index is 3.60. The van der Waals surface area contributed by atoms with Crippen LogP contribution in [0, 0.1) is 5.92 Å².